The van der Waals surface area contributed by atoms with Crippen molar-refractivity contribution in [2.75, 3.05) is 13.1 Å². The summed E-state index contributed by atoms with van der Waals surface area (Å²) in [5.74, 6) is 1.25. The number of hydrogen-bond donors (Lipinski definition) is 1. The van der Waals surface area contributed by atoms with E-state index in [2.05, 4.69) is 28.9 Å². The van der Waals surface area contributed by atoms with Crippen LogP contribution >= 0.6 is 12.4 Å². The van der Waals surface area contributed by atoms with E-state index in [1.54, 1.807) is 0 Å². The Kier molecular flexibility index (Phi) is 4.98. The molecule has 2 rings (SSSR count). The van der Waals surface area contributed by atoms with Gasteiger partial charge in [0.25, 0.3) is 0 Å². The molecule has 0 aromatic carbocycles. The zero-order chi connectivity index (χ0) is 13.4. The molecule has 0 aliphatic carbocycles. The number of rotatable bonds is 3. The minimum atomic E-state index is -0.539. The molecule has 0 unspecified atom stereocenters. The van der Waals surface area contributed by atoms with E-state index >= 15 is 0 Å². The van der Waals surface area contributed by atoms with Gasteiger partial charge in [-0.25, -0.2) is 0 Å². The number of aromatic nitrogens is 2. The van der Waals surface area contributed by atoms with Gasteiger partial charge in [0.1, 0.15) is 0 Å². The molecule has 1 aromatic rings. The SMILES string of the molecule is CC1(C)CCCN(Cc2nc(C(C)(C)N)no2)C1.Cl. The molecule has 0 saturated carbocycles. The molecule has 0 amide bonds. The lowest BCUT2D eigenvalue weighted by molar-refractivity contribution is 0.101. The third kappa shape index (κ3) is 4.44. The van der Waals surface area contributed by atoms with Crippen molar-refractivity contribution in [1.82, 2.24) is 15.0 Å². The van der Waals surface area contributed by atoms with Crippen LogP contribution in [0.1, 0.15) is 52.3 Å². The zero-order valence-corrected chi connectivity index (χ0v) is 13.1. The van der Waals surface area contributed by atoms with Crippen molar-refractivity contribution in [3.05, 3.63) is 11.7 Å². The molecule has 1 aliphatic rings. The van der Waals surface area contributed by atoms with Crippen molar-refractivity contribution in [2.45, 2.75) is 52.6 Å². The average Bonchev–Trinajstić information content (AvgIpc) is 2.63. The second-order valence-corrected chi connectivity index (χ2v) is 6.71. The third-order valence-corrected chi connectivity index (χ3v) is 3.38. The van der Waals surface area contributed by atoms with Gasteiger partial charge in [0.15, 0.2) is 5.82 Å². The maximum absolute atomic E-state index is 5.95. The molecule has 1 fully saturated rings. The van der Waals surface area contributed by atoms with E-state index in [4.69, 9.17) is 10.3 Å². The first-order valence-corrected chi connectivity index (χ1v) is 6.61. The summed E-state index contributed by atoms with van der Waals surface area (Å²) in [5.41, 5.74) is 5.79. The maximum Gasteiger partial charge on any atom is 0.240 e. The van der Waals surface area contributed by atoms with Gasteiger partial charge in [0.05, 0.1) is 12.1 Å². The first-order chi connectivity index (χ1) is 8.26. The molecule has 0 atom stereocenters. The van der Waals surface area contributed by atoms with Crippen LogP contribution in [0.15, 0.2) is 4.52 Å². The second kappa shape index (κ2) is 5.77. The van der Waals surface area contributed by atoms with E-state index in [9.17, 15) is 0 Å². The van der Waals surface area contributed by atoms with Crippen LogP contribution in [0.4, 0.5) is 0 Å². The minimum absolute atomic E-state index is 0. The first kappa shape index (κ1) is 16.4. The van der Waals surface area contributed by atoms with Crippen LogP contribution in [-0.2, 0) is 12.1 Å². The lowest BCUT2D eigenvalue weighted by atomic mass is 9.84. The molecular formula is C13H25ClN4O. The molecule has 0 bridgehead atoms. The van der Waals surface area contributed by atoms with Crippen molar-refractivity contribution in [2.24, 2.45) is 11.1 Å². The average molecular weight is 289 g/mol. The standard InChI is InChI=1S/C13H24N4O.ClH/c1-12(2)6-5-7-17(9-12)8-10-15-11(16-18-10)13(3,4)14;/h5-9,14H2,1-4H3;1H. The van der Waals surface area contributed by atoms with E-state index in [-0.39, 0.29) is 12.4 Å². The summed E-state index contributed by atoms with van der Waals surface area (Å²) in [4.78, 5) is 6.76. The maximum atomic E-state index is 5.95. The van der Waals surface area contributed by atoms with E-state index in [1.165, 1.54) is 12.8 Å². The van der Waals surface area contributed by atoms with Gasteiger partial charge in [-0.2, -0.15) is 4.98 Å². The number of halogens is 1. The molecule has 5 nitrogen and oxygen atoms in total. The van der Waals surface area contributed by atoms with E-state index in [1.807, 2.05) is 13.8 Å². The highest BCUT2D eigenvalue weighted by Crippen LogP contribution is 2.29. The molecular weight excluding hydrogens is 264 g/mol. The van der Waals surface area contributed by atoms with Crippen LogP contribution in [0.3, 0.4) is 0 Å². The fourth-order valence-corrected chi connectivity index (χ4v) is 2.45. The Morgan fingerprint density at radius 1 is 1.42 bits per heavy atom. The van der Waals surface area contributed by atoms with Gasteiger partial charge in [-0.3, -0.25) is 4.90 Å². The second-order valence-electron chi connectivity index (χ2n) is 6.71. The van der Waals surface area contributed by atoms with Gasteiger partial charge in [0, 0.05) is 6.54 Å². The lowest BCUT2D eigenvalue weighted by Gasteiger charge is -2.37. The summed E-state index contributed by atoms with van der Waals surface area (Å²) in [6, 6.07) is 0. The molecule has 19 heavy (non-hydrogen) atoms. The summed E-state index contributed by atoms with van der Waals surface area (Å²) < 4.78 is 5.28. The molecule has 110 valence electrons. The van der Waals surface area contributed by atoms with Crippen molar-refractivity contribution >= 4 is 12.4 Å². The number of likely N-dealkylation sites (tertiary alicyclic amines) is 1. The summed E-state index contributed by atoms with van der Waals surface area (Å²) in [6.07, 6.45) is 2.52. The first-order valence-electron chi connectivity index (χ1n) is 6.61. The Morgan fingerprint density at radius 2 is 2.11 bits per heavy atom. The number of nitrogens with zero attached hydrogens (tertiary/aromatic N) is 3. The molecule has 6 heteroatoms. The van der Waals surface area contributed by atoms with Gasteiger partial charge >= 0.3 is 0 Å². The number of nitrogens with two attached hydrogens (primary N) is 1. The normalized spacial score (nSPS) is 20.1. The molecule has 2 heterocycles. The van der Waals surface area contributed by atoms with Crippen molar-refractivity contribution in [3.63, 3.8) is 0 Å². The number of hydrogen-bond acceptors (Lipinski definition) is 5. The Bertz CT molecular complexity index is 411. The highest BCUT2D eigenvalue weighted by Gasteiger charge is 2.28. The highest BCUT2D eigenvalue weighted by molar-refractivity contribution is 5.85. The van der Waals surface area contributed by atoms with Gasteiger partial charge in [-0.1, -0.05) is 19.0 Å². The summed E-state index contributed by atoms with van der Waals surface area (Å²) >= 11 is 0. The van der Waals surface area contributed by atoms with Crippen LogP contribution in [-0.4, -0.2) is 28.1 Å². The van der Waals surface area contributed by atoms with Gasteiger partial charge in [-0.05, 0) is 38.6 Å². The van der Waals surface area contributed by atoms with Crippen LogP contribution < -0.4 is 5.73 Å². The summed E-state index contributed by atoms with van der Waals surface area (Å²) in [6.45, 7) is 11.3. The van der Waals surface area contributed by atoms with Crippen molar-refractivity contribution in [1.29, 1.82) is 0 Å². The molecule has 0 spiro atoms. The molecule has 1 saturated heterocycles. The zero-order valence-electron chi connectivity index (χ0n) is 12.3. The van der Waals surface area contributed by atoms with Crippen LogP contribution in [0, 0.1) is 5.41 Å². The highest BCUT2D eigenvalue weighted by atomic mass is 35.5. The predicted octanol–water partition coefficient (Wildman–Crippen LogP) is 2.31. The largest absolute Gasteiger partial charge is 0.338 e. The Morgan fingerprint density at radius 3 is 2.63 bits per heavy atom. The van der Waals surface area contributed by atoms with Gasteiger partial charge in [0.2, 0.25) is 5.89 Å². The fourth-order valence-electron chi connectivity index (χ4n) is 2.45. The van der Waals surface area contributed by atoms with Gasteiger partial charge < -0.3 is 10.3 Å². The summed E-state index contributed by atoms with van der Waals surface area (Å²) in [7, 11) is 0. The Balaban J connectivity index is 0.00000180. The smallest absolute Gasteiger partial charge is 0.240 e. The van der Waals surface area contributed by atoms with Crippen LogP contribution in [0.25, 0.3) is 0 Å². The molecule has 2 N–H and O–H groups in total. The minimum Gasteiger partial charge on any atom is -0.338 e. The molecule has 1 aliphatic heterocycles. The van der Waals surface area contributed by atoms with Crippen LogP contribution in [0.2, 0.25) is 0 Å². The summed E-state index contributed by atoms with van der Waals surface area (Å²) in [5, 5.41) is 3.95. The third-order valence-electron chi connectivity index (χ3n) is 3.38. The topological polar surface area (TPSA) is 68.2 Å². The fraction of sp³-hybridized carbons (Fsp3) is 0.846. The number of piperidine rings is 1. The predicted molar refractivity (Wildman–Crippen MR) is 77.1 cm³/mol. The lowest BCUT2D eigenvalue weighted by Crippen LogP contribution is -2.39. The van der Waals surface area contributed by atoms with Gasteiger partial charge in [-0.15, -0.1) is 12.4 Å². The van der Waals surface area contributed by atoms with E-state index in [0.29, 0.717) is 17.1 Å². The quantitative estimate of drug-likeness (QED) is 0.924. The monoisotopic (exact) mass is 288 g/mol. The molecule has 1 aromatic heterocycles. The van der Waals surface area contributed by atoms with Crippen LogP contribution in [0.5, 0.6) is 0 Å². The molecule has 0 radical (unpaired) electrons. The van der Waals surface area contributed by atoms with E-state index < -0.39 is 5.54 Å². The van der Waals surface area contributed by atoms with Crippen molar-refractivity contribution < 1.29 is 4.52 Å². The van der Waals surface area contributed by atoms with Crippen molar-refractivity contribution in [3.8, 4) is 0 Å². The Labute approximate surface area is 121 Å². The Hall–Kier alpha value is -0.650. The van der Waals surface area contributed by atoms with E-state index in [0.717, 1.165) is 19.6 Å².